The molecule has 0 aliphatic rings. The molecule has 0 fully saturated rings. The molecule has 0 aromatic heterocycles. The van der Waals surface area contributed by atoms with Gasteiger partial charge >= 0.3 is 0 Å². The largest absolute Gasteiger partial charge is 0.492 e. The molecule has 0 radical (unpaired) electrons. The third-order valence-electron chi connectivity index (χ3n) is 6.72. The zero-order chi connectivity index (χ0) is 30.2. The number of aryl methyl sites for hydroxylation is 1. The molecule has 1 N–H and O–H groups in total. The van der Waals surface area contributed by atoms with Crippen LogP contribution in [0.25, 0.3) is 0 Å². The SMILES string of the molecule is CCOc1ccccc1N(CC(=O)N(Cc1cccc(C)c1)C(C)C(=O)NC(C)CC)S(=O)(=O)c1ccc(Cl)cc1. The number of rotatable bonds is 13. The number of benzene rings is 3. The van der Waals surface area contributed by atoms with Crippen LogP contribution in [0.3, 0.4) is 0 Å². The van der Waals surface area contributed by atoms with Crippen molar-refractivity contribution in [3.63, 3.8) is 0 Å². The third-order valence-corrected chi connectivity index (χ3v) is 8.74. The molecule has 0 spiro atoms. The van der Waals surface area contributed by atoms with Gasteiger partial charge in [0, 0.05) is 17.6 Å². The number of carbonyl (C=O) groups excluding carboxylic acids is 2. The van der Waals surface area contributed by atoms with E-state index >= 15 is 0 Å². The lowest BCUT2D eigenvalue weighted by molar-refractivity contribution is -0.139. The van der Waals surface area contributed by atoms with Crippen LogP contribution >= 0.6 is 11.6 Å². The van der Waals surface area contributed by atoms with E-state index in [1.807, 2.05) is 45.0 Å². The second kappa shape index (κ2) is 14.4. The molecule has 220 valence electrons. The van der Waals surface area contributed by atoms with Crippen LogP contribution in [0, 0.1) is 6.92 Å². The highest BCUT2D eigenvalue weighted by atomic mass is 35.5. The highest BCUT2D eigenvalue weighted by molar-refractivity contribution is 7.92. The molecule has 41 heavy (non-hydrogen) atoms. The number of sulfonamides is 1. The number of amides is 2. The van der Waals surface area contributed by atoms with Gasteiger partial charge in [0.05, 0.1) is 17.2 Å². The lowest BCUT2D eigenvalue weighted by atomic mass is 10.1. The molecule has 10 heteroatoms. The van der Waals surface area contributed by atoms with Crippen LogP contribution in [-0.2, 0) is 26.2 Å². The summed E-state index contributed by atoms with van der Waals surface area (Å²) in [5.41, 5.74) is 2.04. The predicted molar refractivity (Wildman–Crippen MR) is 163 cm³/mol. The number of ether oxygens (including phenoxy) is 1. The number of nitrogens with zero attached hydrogens (tertiary/aromatic N) is 2. The van der Waals surface area contributed by atoms with Gasteiger partial charge in [-0.2, -0.15) is 0 Å². The van der Waals surface area contributed by atoms with Crippen LogP contribution in [0.4, 0.5) is 5.69 Å². The van der Waals surface area contributed by atoms with Gasteiger partial charge in [0.2, 0.25) is 11.8 Å². The van der Waals surface area contributed by atoms with Gasteiger partial charge in [0.15, 0.2) is 0 Å². The molecule has 8 nitrogen and oxygen atoms in total. The molecule has 2 amide bonds. The summed E-state index contributed by atoms with van der Waals surface area (Å²) in [7, 11) is -4.24. The van der Waals surface area contributed by atoms with Gasteiger partial charge in [-0.15, -0.1) is 0 Å². The van der Waals surface area contributed by atoms with Crippen molar-refractivity contribution in [2.24, 2.45) is 0 Å². The maximum absolute atomic E-state index is 14.1. The normalized spacial score (nSPS) is 12.7. The quantitative estimate of drug-likeness (QED) is 0.277. The van der Waals surface area contributed by atoms with Gasteiger partial charge in [-0.05, 0) is 76.1 Å². The summed E-state index contributed by atoms with van der Waals surface area (Å²) in [6.07, 6.45) is 0.728. The second-order valence-electron chi connectivity index (χ2n) is 9.87. The summed E-state index contributed by atoms with van der Waals surface area (Å²) in [5.74, 6) is -0.544. The van der Waals surface area contributed by atoms with Crippen molar-refractivity contribution < 1.29 is 22.7 Å². The second-order valence-corrected chi connectivity index (χ2v) is 12.2. The van der Waals surface area contributed by atoms with E-state index in [1.165, 1.54) is 29.2 Å². The highest BCUT2D eigenvalue weighted by Crippen LogP contribution is 2.33. The maximum atomic E-state index is 14.1. The first-order valence-electron chi connectivity index (χ1n) is 13.6. The minimum atomic E-state index is -4.24. The van der Waals surface area contributed by atoms with Crippen molar-refractivity contribution in [2.75, 3.05) is 17.5 Å². The van der Waals surface area contributed by atoms with E-state index in [2.05, 4.69) is 5.32 Å². The average molecular weight is 600 g/mol. The molecule has 2 unspecified atom stereocenters. The maximum Gasteiger partial charge on any atom is 0.264 e. The lowest BCUT2D eigenvalue weighted by Crippen LogP contribution is -2.52. The summed E-state index contributed by atoms with van der Waals surface area (Å²) in [6.45, 7) is 9.10. The molecule has 0 saturated heterocycles. The molecular formula is C31H38ClN3O5S. The Morgan fingerprint density at radius 2 is 1.66 bits per heavy atom. The van der Waals surface area contributed by atoms with Gasteiger partial charge < -0.3 is 15.0 Å². The van der Waals surface area contributed by atoms with E-state index in [4.69, 9.17) is 16.3 Å². The minimum absolute atomic E-state index is 0.0335. The molecule has 0 heterocycles. The van der Waals surface area contributed by atoms with Gasteiger partial charge in [-0.3, -0.25) is 13.9 Å². The Morgan fingerprint density at radius 1 is 0.976 bits per heavy atom. The number of anilines is 1. The predicted octanol–water partition coefficient (Wildman–Crippen LogP) is 5.57. The fourth-order valence-corrected chi connectivity index (χ4v) is 5.79. The number of nitrogens with one attached hydrogen (secondary N) is 1. The van der Waals surface area contributed by atoms with Crippen molar-refractivity contribution in [2.45, 2.75) is 64.6 Å². The van der Waals surface area contributed by atoms with E-state index in [1.54, 1.807) is 38.1 Å². The van der Waals surface area contributed by atoms with E-state index in [9.17, 15) is 18.0 Å². The summed E-state index contributed by atoms with van der Waals surface area (Å²) < 4.78 is 34.8. The van der Waals surface area contributed by atoms with E-state index in [-0.39, 0.29) is 29.1 Å². The molecule has 0 aliphatic heterocycles. The lowest BCUT2D eigenvalue weighted by Gasteiger charge is -2.33. The smallest absolute Gasteiger partial charge is 0.264 e. The molecule has 3 aromatic rings. The molecule has 2 atom stereocenters. The Hall–Kier alpha value is -3.56. The van der Waals surface area contributed by atoms with Crippen LogP contribution in [-0.4, -0.2) is 50.4 Å². The number of hydrogen-bond acceptors (Lipinski definition) is 5. The van der Waals surface area contributed by atoms with E-state index < -0.39 is 28.5 Å². The fourth-order valence-electron chi connectivity index (χ4n) is 4.24. The molecule has 3 aromatic carbocycles. The average Bonchev–Trinajstić information content (AvgIpc) is 2.95. The van der Waals surface area contributed by atoms with Crippen molar-refractivity contribution >= 4 is 39.1 Å². The van der Waals surface area contributed by atoms with Crippen LogP contribution in [0.2, 0.25) is 5.02 Å². The fraction of sp³-hybridized carbons (Fsp3) is 0.355. The zero-order valence-electron chi connectivity index (χ0n) is 24.1. The van der Waals surface area contributed by atoms with E-state index in [0.717, 1.165) is 21.9 Å². The zero-order valence-corrected chi connectivity index (χ0v) is 25.7. The Bertz CT molecular complexity index is 1450. The Kier molecular flexibility index (Phi) is 11.2. The molecular weight excluding hydrogens is 562 g/mol. The summed E-state index contributed by atoms with van der Waals surface area (Å²) in [4.78, 5) is 28.7. The van der Waals surface area contributed by atoms with Crippen LogP contribution in [0.5, 0.6) is 5.75 Å². The summed E-state index contributed by atoms with van der Waals surface area (Å²) in [5, 5.41) is 3.32. The first kappa shape index (κ1) is 32.0. The summed E-state index contributed by atoms with van der Waals surface area (Å²) in [6, 6.07) is 19.1. The topological polar surface area (TPSA) is 96.0 Å². The Balaban J connectivity index is 2.08. The van der Waals surface area contributed by atoms with Crippen molar-refractivity contribution in [3.8, 4) is 5.75 Å². The number of hydrogen-bond donors (Lipinski definition) is 1. The van der Waals surface area contributed by atoms with Gasteiger partial charge in [0.1, 0.15) is 18.3 Å². The number of carbonyl (C=O) groups is 2. The number of halogens is 1. The minimum Gasteiger partial charge on any atom is -0.492 e. The molecule has 3 rings (SSSR count). The van der Waals surface area contributed by atoms with Crippen molar-refractivity contribution in [1.29, 1.82) is 0 Å². The van der Waals surface area contributed by atoms with Crippen LogP contribution in [0.15, 0.2) is 77.7 Å². The monoisotopic (exact) mass is 599 g/mol. The van der Waals surface area contributed by atoms with E-state index in [0.29, 0.717) is 17.4 Å². The van der Waals surface area contributed by atoms with Crippen molar-refractivity contribution in [3.05, 3.63) is 88.9 Å². The first-order chi connectivity index (χ1) is 19.5. The first-order valence-corrected chi connectivity index (χ1v) is 15.4. The van der Waals surface area contributed by atoms with Gasteiger partial charge in [-0.25, -0.2) is 8.42 Å². The number of para-hydroxylation sites is 2. The van der Waals surface area contributed by atoms with Crippen LogP contribution < -0.4 is 14.4 Å². The Labute approximate surface area is 248 Å². The molecule has 0 bridgehead atoms. The van der Waals surface area contributed by atoms with Gasteiger partial charge in [-0.1, -0.05) is 60.5 Å². The van der Waals surface area contributed by atoms with Gasteiger partial charge in [0.25, 0.3) is 10.0 Å². The molecule has 0 saturated carbocycles. The third kappa shape index (κ3) is 8.24. The Morgan fingerprint density at radius 3 is 2.29 bits per heavy atom. The summed E-state index contributed by atoms with van der Waals surface area (Å²) >= 11 is 6.02. The van der Waals surface area contributed by atoms with Crippen molar-refractivity contribution in [1.82, 2.24) is 10.2 Å². The standard InChI is InChI=1S/C31H38ClN3O5S/c1-6-23(4)33-31(37)24(5)34(20-25-12-10-11-22(3)19-25)30(36)21-35(28-13-8-9-14-29(28)40-7-2)41(38,39)27-17-15-26(32)16-18-27/h8-19,23-24H,6-7,20-21H2,1-5H3,(H,33,37). The molecule has 0 aliphatic carbocycles. The van der Waals surface area contributed by atoms with Crippen LogP contribution in [0.1, 0.15) is 45.2 Å². The highest BCUT2D eigenvalue weighted by Gasteiger charge is 2.34.